The van der Waals surface area contributed by atoms with Gasteiger partial charge in [0.2, 0.25) is 0 Å². The Morgan fingerprint density at radius 1 is 0.122 bits per heavy atom. The lowest BCUT2D eigenvalue weighted by atomic mass is 9.83. The molecule has 0 aliphatic rings. The van der Waals surface area contributed by atoms with Gasteiger partial charge in [0.25, 0.3) is 0 Å². The van der Waals surface area contributed by atoms with Gasteiger partial charge in [0.1, 0.15) is 67.0 Å². The molecule has 0 amide bonds. The van der Waals surface area contributed by atoms with Crippen LogP contribution in [0.4, 0.5) is 0 Å². The van der Waals surface area contributed by atoms with Crippen LogP contribution in [0.15, 0.2) is 488 Å². The summed E-state index contributed by atoms with van der Waals surface area (Å²) in [5, 5.41) is 30.6. The molecule has 0 radical (unpaired) electrons. The first-order valence-electron chi connectivity index (χ1n) is 49.4. The first-order valence-corrected chi connectivity index (χ1v) is 46.4. The lowest BCUT2D eigenvalue weighted by molar-refractivity contribution is 0.663. The number of fused-ring (bicyclic) bond motifs is 28. The van der Waals surface area contributed by atoms with Gasteiger partial charge in [0.05, 0.1) is 0 Å². The first kappa shape index (κ1) is 79.5. The van der Waals surface area contributed by atoms with Crippen molar-refractivity contribution >= 4 is 207 Å². The number of para-hydroxylation sites is 3. The molecule has 0 N–H and O–H groups in total. The highest BCUT2D eigenvalue weighted by Crippen LogP contribution is 2.53. The maximum absolute atomic E-state index is 6.44. The number of benzene rings is 24. The van der Waals surface area contributed by atoms with Crippen LogP contribution in [0.1, 0.15) is 26.3 Å². The van der Waals surface area contributed by atoms with E-state index in [9.17, 15) is 0 Å². The van der Waals surface area contributed by atoms with Gasteiger partial charge in [-0.25, -0.2) is 0 Å². The van der Waals surface area contributed by atoms with E-state index >= 15 is 0 Å². The molecule has 30 rings (SSSR count). The second-order valence-corrected chi connectivity index (χ2v) is 35.6. The zero-order valence-corrected chi connectivity index (χ0v) is 76.3. The van der Waals surface area contributed by atoms with Gasteiger partial charge in [-0.2, -0.15) is 0 Å². The maximum atomic E-state index is 6.44. The average Bonchev–Trinajstić information content (AvgIpc) is 1.71. The number of rotatable bonds is 8. The summed E-state index contributed by atoms with van der Waals surface area (Å²) in [7, 11) is 3.75. The molecule has 0 aliphatic carbocycles. The van der Waals surface area contributed by atoms with E-state index in [-0.39, 0.29) is 0 Å². The van der Waals surface area contributed by atoms with Crippen molar-refractivity contribution in [3.05, 3.63) is 461 Å². The zero-order valence-electron chi connectivity index (χ0n) is 79.3. The van der Waals surface area contributed by atoms with Crippen molar-refractivity contribution in [1.82, 2.24) is 0 Å². The number of furan rings is 6. The third kappa shape index (κ3) is 13.2. The minimum atomic E-state index is 0.869. The van der Waals surface area contributed by atoms with Crippen molar-refractivity contribution in [2.24, 2.45) is 0 Å². The van der Waals surface area contributed by atoms with Crippen LogP contribution in [0, 0.1) is 0 Å². The number of hydrogen-bond acceptors (Lipinski definition) is 6. The van der Waals surface area contributed by atoms with E-state index in [0.29, 0.717) is 0 Å². The molecule has 6 heterocycles. The highest BCUT2D eigenvalue weighted by molar-refractivity contribution is 6.32. The Hall–Kier alpha value is -18.1. The predicted molar refractivity (Wildman–Crippen MR) is 589 cm³/mol. The van der Waals surface area contributed by atoms with Gasteiger partial charge in [0.15, 0.2) is 0 Å². The van der Waals surface area contributed by atoms with E-state index in [2.05, 4.69) is 388 Å². The standard InChI is InChI=1S/2C44H26O2.C42H24O2.3CH4/c1-2-10-27(11-3-1)28-18-20-29(21-19-28)41-31-12-4-6-14-33(31)42(34-15-7-5-13-32(34)41)30-22-23-38-36(26-30)44-40(46-38)25-24-39-43(44)35-16-8-9-17-37(35)45-39;1-2-12-27(13-3-1)29-14-4-5-15-30(29)42-33-18-8-6-16-31(33)41(32-17-7-9-19-34(32)42)28-22-23-38-36(26-28)44-40(46-38)25-24-39-43(44)35-20-10-11-21-37(35)45-39;1-2-10-26-23-27(18-17-25(26)9-1)39-29-11-3-5-13-31(29)40(32-14-6-4-12-30(32)39)28-19-20-36-34(24-28)42-38(44-36)22-21-37-41(42)33-15-7-8-16-35(33)43-37;;;/h2*1-26H;1-24H;3*1H4/i;;;3*1D. The topological polar surface area (TPSA) is 78.8 Å². The van der Waals surface area contributed by atoms with Crippen molar-refractivity contribution < 1.29 is 30.6 Å². The Balaban J connectivity index is 0.000000109. The van der Waals surface area contributed by atoms with Crippen LogP contribution in [0.3, 0.4) is 0 Å². The molecule has 6 heteroatoms. The third-order valence-corrected chi connectivity index (χ3v) is 28.2. The molecule has 0 saturated heterocycles. The maximum Gasteiger partial charge on any atom is 0.136 e. The quantitative estimate of drug-likeness (QED) is 0.141. The van der Waals surface area contributed by atoms with Crippen molar-refractivity contribution in [3.8, 4) is 89.0 Å². The summed E-state index contributed by atoms with van der Waals surface area (Å²) in [4.78, 5) is 0. The predicted octanol–water partition coefficient (Wildman–Crippen LogP) is 39.8. The monoisotopic (exact) mass is 1780 g/mol. The second kappa shape index (κ2) is 33.2. The highest BCUT2D eigenvalue weighted by Gasteiger charge is 2.27. The van der Waals surface area contributed by atoms with Gasteiger partial charge >= 0.3 is 0 Å². The fraction of sp³-hybridized carbons (Fsp3) is 0.0226. The van der Waals surface area contributed by atoms with Crippen LogP contribution >= 0.6 is 0 Å². The van der Waals surface area contributed by atoms with E-state index in [1.54, 1.807) is 0 Å². The Morgan fingerprint density at radius 2 is 0.331 bits per heavy atom. The first-order chi connectivity index (χ1) is 70.5. The normalized spacial score (nSPS) is 11.9. The zero-order chi connectivity index (χ0) is 95.2. The molecule has 24 aromatic carbocycles. The Kier molecular flexibility index (Phi) is 19.0. The van der Waals surface area contributed by atoms with Gasteiger partial charge in [-0.1, -0.05) is 386 Å². The van der Waals surface area contributed by atoms with Crippen LogP contribution in [-0.2, 0) is 0 Å². The van der Waals surface area contributed by atoms with E-state index in [4.69, 9.17) is 30.6 Å². The highest BCUT2D eigenvalue weighted by atomic mass is 16.4. The third-order valence-electron chi connectivity index (χ3n) is 28.2. The second-order valence-electron chi connectivity index (χ2n) is 35.6. The SMILES string of the molecule is [2H]C.[2H]C.[2H]C.c1ccc(-c2ccc(-c3c4ccccc4c(-c4ccc5oc6ccc7oc8ccccc8c7c6c5c4)c4ccccc34)cc2)cc1.c1ccc(-c2ccccc2-c2c3ccccc3c(-c3ccc4oc5ccc6oc7ccccc7c6c5c4c3)c3ccccc23)cc1.c1ccc2cc(-c3c4ccccc4c(-c4ccc5oc6ccc7oc8ccccc8c7c6c5c4)c4ccccc34)ccc2c1. The summed E-state index contributed by atoms with van der Waals surface area (Å²) in [6, 6.07) is 164. The molecule has 0 saturated carbocycles. The minimum Gasteiger partial charge on any atom is -0.456 e. The molecule has 0 spiro atoms. The number of hydrogen-bond donors (Lipinski definition) is 0. The van der Waals surface area contributed by atoms with Gasteiger partial charge in [-0.3, -0.25) is 0 Å². The van der Waals surface area contributed by atoms with Crippen molar-refractivity contribution in [1.29, 1.82) is 0 Å². The van der Waals surface area contributed by atoms with Crippen LogP contribution in [0.5, 0.6) is 0 Å². The fourth-order valence-electron chi connectivity index (χ4n) is 22.3. The summed E-state index contributed by atoms with van der Waals surface area (Å²) in [5.74, 6) is 0. The van der Waals surface area contributed by atoms with E-state index in [1.165, 1.54) is 181 Å². The van der Waals surface area contributed by atoms with Gasteiger partial charge in [-0.15, -0.1) is 0 Å². The van der Waals surface area contributed by atoms with E-state index in [0.717, 1.165) is 137 Å². The van der Waals surface area contributed by atoms with Crippen molar-refractivity contribution in [2.75, 3.05) is 0 Å². The molecule has 0 aliphatic heterocycles. The molecule has 30 aromatic rings. The molecular formula is C133H88O6. The van der Waals surface area contributed by atoms with Crippen LogP contribution in [-0.4, -0.2) is 0 Å². The fourth-order valence-corrected chi connectivity index (χ4v) is 22.3. The van der Waals surface area contributed by atoms with Gasteiger partial charge in [-0.05, 0) is 261 Å². The largest absolute Gasteiger partial charge is 0.456 e. The molecule has 139 heavy (non-hydrogen) atoms. The van der Waals surface area contributed by atoms with E-state index in [1.807, 2.05) is 72.8 Å². The molecule has 0 fully saturated rings. The summed E-state index contributed by atoms with van der Waals surface area (Å²) in [6.07, 6.45) is 0. The molecule has 6 aromatic heterocycles. The average molecular weight is 1790 g/mol. The summed E-state index contributed by atoms with van der Waals surface area (Å²) >= 11 is 0. The molecule has 6 nitrogen and oxygen atoms in total. The van der Waals surface area contributed by atoms with Crippen molar-refractivity contribution in [3.63, 3.8) is 0 Å². The minimum absolute atomic E-state index is 0.869. The van der Waals surface area contributed by atoms with Crippen LogP contribution < -0.4 is 0 Å². The summed E-state index contributed by atoms with van der Waals surface area (Å²) in [6.45, 7) is 0. The Labute approximate surface area is 804 Å². The lowest BCUT2D eigenvalue weighted by Gasteiger charge is -2.19. The molecular weight excluding hydrogens is 1690 g/mol. The van der Waals surface area contributed by atoms with Crippen LogP contribution in [0.25, 0.3) is 296 Å². The molecule has 0 bridgehead atoms. The summed E-state index contributed by atoms with van der Waals surface area (Å²) in [5.41, 5.74) is 30.1. The summed E-state index contributed by atoms with van der Waals surface area (Å²) < 4.78 is 55.3. The molecule has 656 valence electrons. The smallest absolute Gasteiger partial charge is 0.136 e. The van der Waals surface area contributed by atoms with Crippen LogP contribution in [0.2, 0.25) is 0 Å². The van der Waals surface area contributed by atoms with Gasteiger partial charge in [0, 0.05) is 68.7 Å². The van der Waals surface area contributed by atoms with E-state index < -0.39 is 0 Å². The van der Waals surface area contributed by atoms with Gasteiger partial charge < -0.3 is 26.5 Å². The Morgan fingerprint density at radius 3 is 0.669 bits per heavy atom. The van der Waals surface area contributed by atoms with Crippen molar-refractivity contribution in [2.45, 2.75) is 22.2 Å². The molecule has 0 atom stereocenters. The lowest BCUT2D eigenvalue weighted by Crippen LogP contribution is -1.92. The molecule has 0 unspecified atom stereocenters. The Bertz CT molecular complexity index is 10100.